The van der Waals surface area contributed by atoms with Crippen molar-refractivity contribution in [3.63, 3.8) is 0 Å². The Morgan fingerprint density at radius 3 is 2.44 bits per heavy atom. The van der Waals surface area contributed by atoms with Crippen molar-refractivity contribution in [3.8, 4) is 11.5 Å². The fourth-order valence-corrected chi connectivity index (χ4v) is 5.64. The first kappa shape index (κ1) is 29.2. The molecule has 0 aliphatic carbocycles. The summed E-state index contributed by atoms with van der Waals surface area (Å²) in [6, 6.07) is 18.6. The summed E-state index contributed by atoms with van der Waals surface area (Å²) in [5.41, 5.74) is 2.95. The van der Waals surface area contributed by atoms with Crippen molar-refractivity contribution in [3.05, 3.63) is 90.3 Å². The highest BCUT2D eigenvalue weighted by Gasteiger charge is 2.30. The average molecular weight is 721 g/mol. The van der Waals surface area contributed by atoms with Crippen LogP contribution in [0, 0.1) is 3.57 Å². The highest BCUT2D eigenvalue weighted by molar-refractivity contribution is 14.1. The number of carbonyl (C=O) groups excluding carboxylic acids is 2. The average Bonchev–Trinajstić information content (AvgIpc) is 3.17. The van der Waals surface area contributed by atoms with E-state index in [1.165, 1.54) is 16.7 Å². The van der Waals surface area contributed by atoms with Crippen LogP contribution in [0.25, 0.3) is 6.08 Å². The van der Waals surface area contributed by atoms with Gasteiger partial charge in [0.1, 0.15) is 6.61 Å². The van der Waals surface area contributed by atoms with Gasteiger partial charge in [0, 0.05) is 11.5 Å². The van der Waals surface area contributed by atoms with Crippen LogP contribution in [0.5, 0.6) is 11.5 Å². The molecule has 39 heavy (non-hydrogen) atoms. The Bertz CT molecular complexity index is 1420. The summed E-state index contributed by atoms with van der Waals surface area (Å²) in [7, 11) is 1.69. The minimum Gasteiger partial charge on any atom is -0.490 e. The molecule has 1 aliphatic rings. The predicted octanol–water partition coefficient (Wildman–Crippen LogP) is 7.44. The smallest absolute Gasteiger partial charge is 0.338 e. The SMILES string of the molecule is CCOC(=O)c1ccc(N=C2SC(=Cc3cc(I)c(OCc4ccc(Br)cc4)c(OCC)c3)C(=O)N2C)cc1. The molecule has 1 aliphatic heterocycles. The number of rotatable bonds is 9. The lowest BCUT2D eigenvalue weighted by Gasteiger charge is -2.15. The van der Waals surface area contributed by atoms with Gasteiger partial charge in [-0.3, -0.25) is 9.69 Å². The summed E-state index contributed by atoms with van der Waals surface area (Å²) in [6.45, 7) is 4.88. The number of halogens is 2. The molecule has 0 spiro atoms. The third kappa shape index (κ3) is 7.43. The van der Waals surface area contributed by atoms with E-state index in [9.17, 15) is 9.59 Å². The number of ether oxygens (including phenoxy) is 3. The standard InChI is InChI=1S/C29H26BrIN2O5S/c1-4-36-24-15-19(14-23(31)26(24)38-17-18-6-10-21(30)11-7-18)16-25-27(34)33(3)29(39-25)32-22-12-8-20(9-13-22)28(35)37-5-2/h6-16H,4-5,17H2,1-3H3. The van der Waals surface area contributed by atoms with Crippen molar-refractivity contribution in [2.75, 3.05) is 20.3 Å². The van der Waals surface area contributed by atoms with E-state index in [2.05, 4.69) is 43.5 Å². The third-order valence-electron chi connectivity index (χ3n) is 5.53. The fraction of sp³-hybridized carbons (Fsp3) is 0.207. The second-order valence-electron chi connectivity index (χ2n) is 8.31. The highest BCUT2D eigenvalue weighted by Crippen LogP contribution is 2.38. The lowest BCUT2D eigenvalue weighted by atomic mass is 10.1. The Balaban J connectivity index is 1.54. The van der Waals surface area contributed by atoms with Gasteiger partial charge in [-0.25, -0.2) is 9.79 Å². The zero-order chi connectivity index (χ0) is 27.9. The van der Waals surface area contributed by atoms with Crippen molar-refractivity contribution in [1.29, 1.82) is 0 Å². The van der Waals surface area contributed by atoms with Crippen molar-refractivity contribution < 1.29 is 23.8 Å². The van der Waals surface area contributed by atoms with E-state index in [0.717, 1.165) is 19.2 Å². The normalized spacial score (nSPS) is 15.2. The van der Waals surface area contributed by atoms with Crippen LogP contribution in [-0.2, 0) is 16.1 Å². The van der Waals surface area contributed by atoms with Crippen molar-refractivity contribution in [2.24, 2.45) is 4.99 Å². The number of hydrogen-bond donors (Lipinski definition) is 0. The van der Waals surface area contributed by atoms with E-state index in [-0.39, 0.29) is 11.9 Å². The molecule has 1 fully saturated rings. The largest absolute Gasteiger partial charge is 0.490 e. The number of aliphatic imine (C=N–C) groups is 1. The van der Waals surface area contributed by atoms with Crippen LogP contribution in [-0.4, -0.2) is 42.2 Å². The second-order valence-corrected chi connectivity index (χ2v) is 11.4. The summed E-state index contributed by atoms with van der Waals surface area (Å²) in [5.74, 6) is 0.756. The summed E-state index contributed by atoms with van der Waals surface area (Å²) in [6.07, 6.45) is 1.83. The number of carbonyl (C=O) groups is 2. The molecule has 4 rings (SSSR count). The Hall–Kier alpha value is -2.83. The maximum atomic E-state index is 13.0. The van der Waals surface area contributed by atoms with Gasteiger partial charge >= 0.3 is 5.97 Å². The minimum atomic E-state index is -0.379. The van der Waals surface area contributed by atoms with E-state index in [1.54, 1.807) is 38.2 Å². The number of benzene rings is 3. The summed E-state index contributed by atoms with van der Waals surface area (Å²) < 4.78 is 18.9. The van der Waals surface area contributed by atoms with E-state index in [4.69, 9.17) is 14.2 Å². The monoisotopic (exact) mass is 720 g/mol. The van der Waals surface area contributed by atoms with Gasteiger partial charge in [-0.1, -0.05) is 28.1 Å². The number of hydrogen-bond acceptors (Lipinski definition) is 7. The molecule has 7 nitrogen and oxygen atoms in total. The van der Waals surface area contributed by atoms with E-state index in [0.29, 0.717) is 52.6 Å². The van der Waals surface area contributed by atoms with Crippen LogP contribution in [0.4, 0.5) is 5.69 Å². The zero-order valence-electron chi connectivity index (χ0n) is 21.6. The topological polar surface area (TPSA) is 77.4 Å². The molecule has 0 saturated carbocycles. The minimum absolute atomic E-state index is 0.148. The lowest BCUT2D eigenvalue weighted by molar-refractivity contribution is -0.121. The molecular weight excluding hydrogens is 695 g/mol. The van der Waals surface area contributed by atoms with Crippen molar-refractivity contribution >= 4 is 79.1 Å². The zero-order valence-corrected chi connectivity index (χ0v) is 26.1. The molecule has 0 unspecified atom stereocenters. The van der Waals surface area contributed by atoms with Crippen LogP contribution in [0.15, 0.2) is 75.0 Å². The maximum Gasteiger partial charge on any atom is 0.338 e. The number of thioether (sulfide) groups is 1. The molecule has 1 saturated heterocycles. The van der Waals surface area contributed by atoms with E-state index in [1.807, 2.05) is 49.4 Å². The molecule has 1 heterocycles. The maximum absolute atomic E-state index is 13.0. The van der Waals surface area contributed by atoms with Gasteiger partial charge in [0.2, 0.25) is 0 Å². The van der Waals surface area contributed by atoms with Crippen molar-refractivity contribution in [2.45, 2.75) is 20.5 Å². The summed E-state index contributed by atoms with van der Waals surface area (Å²) >= 11 is 6.97. The van der Waals surface area contributed by atoms with Crippen LogP contribution >= 0.6 is 50.3 Å². The first-order valence-corrected chi connectivity index (χ1v) is 14.8. The molecule has 0 N–H and O–H groups in total. The Labute approximate surface area is 253 Å². The molecule has 0 radical (unpaired) electrons. The van der Waals surface area contributed by atoms with Gasteiger partial charge in [-0.15, -0.1) is 0 Å². The van der Waals surface area contributed by atoms with Crippen LogP contribution in [0.1, 0.15) is 35.3 Å². The first-order chi connectivity index (χ1) is 18.8. The quantitative estimate of drug-likeness (QED) is 0.130. The molecule has 0 aromatic heterocycles. The number of nitrogens with zero attached hydrogens (tertiary/aromatic N) is 2. The Morgan fingerprint density at radius 2 is 1.77 bits per heavy atom. The molecular formula is C29H26BrIN2O5S. The van der Waals surface area contributed by atoms with Gasteiger partial charge in [-0.05, 0) is 114 Å². The van der Waals surface area contributed by atoms with E-state index < -0.39 is 0 Å². The molecule has 3 aromatic rings. The number of likely N-dealkylation sites (N-methyl/N-ethyl adjacent to an activating group) is 1. The number of amides is 1. The molecule has 0 atom stereocenters. The first-order valence-electron chi connectivity index (χ1n) is 12.2. The third-order valence-corrected chi connectivity index (χ3v) is 7.92. The summed E-state index contributed by atoms with van der Waals surface area (Å²) in [4.78, 5) is 31.6. The molecule has 0 bridgehead atoms. The predicted molar refractivity (Wildman–Crippen MR) is 167 cm³/mol. The van der Waals surface area contributed by atoms with Gasteiger partial charge in [-0.2, -0.15) is 0 Å². The summed E-state index contributed by atoms with van der Waals surface area (Å²) in [5, 5.41) is 0.546. The van der Waals surface area contributed by atoms with Gasteiger partial charge in [0.25, 0.3) is 5.91 Å². The molecule has 3 aromatic carbocycles. The number of amidine groups is 1. The van der Waals surface area contributed by atoms with Gasteiger partial charge in [0.05, 0.1) is 32.9 Å². The lowest BCUT2D eigenvalue weighted by Crippen LogP contribution is -2.23. The molecule has 202 valence electrons. The van der Waals surface area contributed by atoms with Crippen LogP contribution in [0.3, 0.4) is 0 Å². The number of esters is 1. The van der Waals surface area contributed by atoms with Crippen LogP contribution in [0.2, 0.25) is 0 Å². The highest BCUT2D eigenvalue weighted by atomic mass is 127. The Morgan fingerprint density at radius 1 is 1.05 bits per heavy atom. The second kappa shape index (κ2) is 13.5. The molecule has 10 heteroatoms. The van der Waals surface area contributed by atoms with Gasteiger partial charge < -0.3 is 14.2 Å². The van der Waals surface area contributed by atoms with Gasteiger partial charge in [0.15, 0.2) is 16.7 Å². The molecule has 1 amide bonds. The van der Waals surface area contributed by atoms with Crippen LogP contribution < -0.4 is 9.47 Å². The van der Waals surface area contributed by atoms with Crippen molar-refractivity contribution in [1.82, 2.24) is 4.90 Å². The fourth-order valence-electron chi connectivity index (χ4n) is 3.61. The van der Waals surface area contributed by atoms with E-state index >= 15 is 0 Å². The Kier molecular flexibility index (Phi) is 10.1.